The molecule has 2 aromatic carbocycles. The summed E-state index contributed by atoms with van der Waals surface area (Å²) >= 11 is 5.26. The van der Waals surface area contributed by atoms with Gasteiger partial charge in [0.1, 0.15) is 0 Å². The van der Waals surface area contributed by atoms with Crippen LogP contribution in [0.5, 0.6) is 17.2 Å². The maximum absolute atomic E-state index is 12.7. The first kappa shape index (κ1) is 21.8. The van der Waals surface area contributed by atoms with E-state index in [9.17, 15) is 14.9 Å². The van der Waals surface area contributed by atoms with Gasteiger partial charge in [-0.05, 0) is 36.5 Å². The van der Waals surface area contributed by atoms with Crippen molar-refractivity contribution in [1.29, 1.82) is 0 Å². The van der Waals surface area contributed by atoms with Crippen molar-refractivity contribution >= 4 is 23.8 Å². The first-order valence-electron chi connectivity index (χ1n) is 8.89. The lowest BCUT2D eigenvalue weighted by molar-refractivity contribution is -0.384. The highest BCUT2D eigenvalue weighted by atomic mass is 32.1. The Morgan fingerprint density at radius 1 is 1.16 bits per heavy atom. The Balaban J connectivity index is 1.83. The summed E-state index contributed by atoms with van der Waals surface area (Å²) in [5, 5.41) is 20.4. The van der Waals surface area contributed by atoms with Crippen LogP contribution >= 0.6 is 12.2 Å². The van der Waals surface area contributed by atoms with E-state index in [1.807, 2.05) is 0 Å². The highest BCUT2D eigenvalue weighted by Gasteiger charge is 2.18. The van der Waals surface area contributed by atoms with Crippen molar-refractivity contribution in [2.24, 2.45) is 0 Å². The van der Waals surface area contributed by atoms with Gasteiger partial charge < -0.3 is 19.5 Å². The third kappa shape index (κ3) is 4.48. The van der Waals surface area contributed by atoms with Gasteiger partial charge in [-0.3, -0.25) is 24.6 Å². The Bertz CT molecular complexity index is 1150. The van der Waals surface area contributed by atoms with Crippen LogP contribution in [0.1, 0.15) is 16.2 Å². The SMILES string of the molecule is COc1cc(C(=O)NCc2n[nH]c(=S)n2-c2ccc([N+](=O)[O-])cc2)cc(OC)c1OC. The summed E-state index contributed by atoms with van der Waals surface area (Å²) in [6.07, 6.45) is 0. The molecule has 0 bridgehead atoms. The number of carbonyl (C=O) groups excluding carboxylic acids is 1. The number of benzene rings is 2. The molecular formula is C19H19N5O6S. The van der Waals surface area contributed by atoms with E-state index in [2.05, 4.69) is 15.5 Å². The van der Waals surface area contributed by atoms with Crippen LogP contribution in [0.3, 0.4) is 0 Å². The van der Waals surface area contributed by atoms with Crippen LogP contribution in [0.15, 0.2) is 36.4 Å². The van der Waals surface area contributed by atoms with Gasteiger partial charge in [-0.15, -0.1) is 0 Å². The summed E-state index contributed by atoms with van der Waals surface area (Å²) in [7, 11) is 4.39. The first-order chi connectivity index (χ1) is 14.9. The summed E-state index contributed by atoms with van der Waals surface area (Å²) in [6.45, 7) is 0.0413. The van der Waals surface area contributed by atoms with Crippen LogP contribution in [-0.4, -0.2) is 46.9 Å². The predicted octanol–water partition coefficient (Wildman–Crippen LogP) is 2.79. The number of hydrogen-bond donors (Lipinski definition) is 2. The molecule has 31 heavy (non-hydrogen) atoms. The summed E-state index contributed by atoms with van der Waals surface area (Å²) in [4.78, 5) is 23.1. The lowest BCUT2D eigenvalue weighted by atomic mass is 10.1. The molecule has 0 unspecified atom stereocenters. The first-order valence-corrected chi connectivity index (χ1v) is 9.29. The highest BCUT2D eigenvalue weighted by molar-refractivity contribution is 7.71. The highest BCUT2D eigenvalue weighted by Crippen LogP contribution is 2.38. The number of carbonyl (C=O) groups is 1. The van der Waals surface area contributed by atoms with Gasteiger partial charge in [-0.25, -0.2) is 0 Å². The smallest absolute Gasteiger partial charge is 0.269 e. The molecule has 0 aliphatic heterocycles. The van der Waals surface area contributed by atoms with Crippen LogP contribution in [0, 0.1) is 14.9 Å². The zero-order chi connectivity index (χ0) is 22.5. The number of aromatic amines is 1. The molecule has 0 aliphatic carbocycles. The average Bonchev–Trinajstić information content (AvgIpc) is 3.16. The van der Waals surface area contributed by atoms with Crippen molar-refractivity contribution < 1.29 is 23.9 Å². The average molecular weight is 445 g/mol. The molecule has 0 atom stereocenters. The van der Waals surface area contributed by atoms with Gasteiger partial charge in [0.25, 0.3) is 11.6 Å². The number of nitro benzene ring substituents is 1. The van der Waals surface area contributed by atoms with Gasteiger partial charge in [0.15, 0.2) is 22.1 Å². The summed E-state index contributed by atoms with van der Waals surface area (Å²) in [5.41, 5.74) is 0.822. The number of nitro groups is 1. The molecule has 0 radical (unpaired) electrons. The fourth-order valence-electron chi connectivity index (χ4n) is 2.91. The minimum atomic E-state index is -0.489. The Morgan fingerprint density at radius 3 is 2.29 bits per heavy atom. The van der Waals surface area contributed by atoms with Crippen LogP contribution in [0.25, 0.3) is 5.69 Å². The molecule has 3 aromatic rings. The molecular weight excluding hydrogens is 426 g/mol. The number of nitrogens with one attached hydrogen (secondary N) is 2. The van der Waals surface area contributed by atoms with E-state index in [1.165, 1.54) is 45.6 Å². The quantitative estimate of drug-likeness (QED) is 0.307. The molecule has 1 amide bonds. The molecule has 2 N–H and O–H groups in total. The Labute approximate surface area is 181 Å². The van der Waals surface area contributed by atoms with E-state index in [4.69, 9.17) is 26.4 Å². The van der Waals surface area contributed by atoms with Gasteiger partial charge in [0.05, 0.1) is 38.5 Å². The van der Waals surface area contributed by atoms with Gasteiger partial charge in [0.2, 0.25) is 5.75 Å². The molecule has 0 spiro atoms. The molecule has 0 aliphatic rings. The zero-order valence-electron chi connectivity index (χ0n) is 16.9. The van der Waals surface area contributed by atoms with Gasteiger partial charge in [-0.2, -0.15) is 5.10 Å². The van der Waals surface area contributed by atoms with E-state index in [0.29, 0.717) is 34.3 Å². The fraction of sp³-hybridized carbons (Fsp3) is 0.211. The van der Waals surface area contributed by atoms with Crippen molar-refractivity contribution in [2.75, 3.05) is 21.3 Å². The van der Waals surface area contributed by atoms with E-state index >= 15 is 0 Å². The van der Waals surface area contributed by atoms with Crippen LogP contribution in [0.2, 0.25) is 0 Å². The second kappa shape index (κ2) is 9.26. The van der Waals surface area contributed by atoms with E-state index in [0.717, 1.165) is 0 Å². The van der Waals surface area contributed by atoms with E-state index in [-0.39, 0.29) is 17.0 Å². The second-order valence-electron chi connectivity index (χ2n) is 6.15. The van der Waals surface area contributed by atoms with Crippen molar-refractivity contribution in [3.05, 3.63) is 62.7 Å². The molecule has 0 fully saturated rings. The van der Waals surface area contributed by atoms with Crippen molar-refractivity contribution in [3.63, 3.8) is 0 Å². The minimum absolute atomic E-state index is 0.0413. The normalized spacial score (nSPS) is 10.4. The van der Waals surface area contributed by atoms with Crippen molar-refractivity contribution in [1.82, 2.24) is 20.1 Å². The number of nitrogens with zero attached hydrogens (tertiary/aromatic N) is 3. The standard InChI is InChI=1S/C19H19N5O6S/c1-28-14-8-11(9-15(29-2)17(14)30-3)18(25)20-10-16-21-22-19(31)23(16)12-4-6-13(7-5-12)24(26)27/h4-9H,10H2,1-3H3,(H,20,25)(H,22,31). The number of aromatic nitrogens is 3. The topological polar surface area (TPSA) is 134 Å². The maximum atomic E-state index is 12.7. The maximum Gasteiger partial charge on any atom is 0.269 e. The molecule has 1 heterocycles. The van der Waals surface area contributed by atoms with E-state index in [1.54, 1.807) is 16.7 Å². The summed E-state index contributed by atoms with van der Waals surface area (Å²) in [5.74, 6) is 1.09. The van der Waals surface area contributed by atoms with Gasteiger partial charge in [-0.1, -0.05) is 0 Å². The van der Waals surface area contributed by atoms with Gasteiger partial charge in [0, 0.05) is 17.7 Å². The molecule has 3 rings (SSSR count). The number of hydrogen-bond acceptors (Lipinski definition) is 8. The molecule has 11 nitrogen and oxygen atoms in total. The number of methoxy groups -OCH3 is 3. The largest absolute Gasteiger partial charge is 0.493 e. The summed E-state index contributed by atoms with van der Waals surface area (Å²) < 4.78 is 17.7. The monoisotopic (exact) mass is 445 g/mol. The number of amides is 1. The van der Waals surface area contributed by atoms with Crippen LogP contribution < -0.4 is 19.5 Å². The molecule has 12 heteroatoms. The number of H-pyrrole nitrogens is 1. The third-order valence-electron chi connectivity index (χ3n) is 4.39. The lowest BCUT2D eigenvalue weighted by Crippen LogP contribution is -2.24. The van der Waals surface area contributed by atoms with Crippen molar-refractivity contribution in [3.8, 4) is 22.9 Å². The second-order valence-corrected chi connectivity index (χ2v) is 6.54. The molecule has 1 aromatic heterocycles. The molecule has 0 saturated carbocycles. The molecule has 162 valence electrons. The van der Waals surface area contributed by atoms with Crippen LogP contribution in [0.4, 0.5) is 5.69 Å². The minimum Gasteiger partial charge on any atom is -0.493 e. The third-order valence-corrected chi connectivity index (χ3v) is 4.67. The van der Waals surface area contributed by atoms with E-state index < -0.39 is 10.8 Å². The number of ether oxygens (including phenoxy) is 3. The Kier molecular flexibility index (Phi) is 6.50. The van der Waals surface area contributed by atoms with Crippen molar-refractivity contribution in [2.45, 2.75) is 6.54 Å². The number of rotatable bonds is 8. The zero-order valence-corrected chi connectivity index (χ0v) is 17.7. The Morgan fingerprint density at radius 2 is 1.77 bits per heavy atom. The molecule has 0 saturated heterocycles. The number of non-ortho nitro benzene ring substituents is 1. The fourth-order valence-corrected chi connectivity index (χ4v) is 3.17. The lowest BCUT2D eigenvalue weighted by Gasteiger charge is -2.14. The summed E-state index contributed by atoms with van der Waals surface area (Å²) in [6, 6.07) is 8.89. The predicted molar refractivity (Wildman–Crippen MR) is 113 cm³/mol. The van der Waals surface area contributed by atoms with Crippen LogP contribution in [-0.2, 0) is 6.54 Å². The Hall–Kier alpha value is -3.93. The van der Waals surface area contributed by atoms with Gasteiger partial charge >= 0.3 is 0 Å².